The number of rotatable bonds is 6. The van der Waals surface area contributed by atoms with Crippen molar-refractivity contribution in [1.82, 2.24) is 9.80 Å². The lowest BCUT2D eigenvalue weighted by Crippen LogP contribution is -2.34. The Labute approximate surface area is 163 Å². The highest BCUT2D eigenvalue weighted by Crippen LogP contribution is 2.42. The first kappa shape index (κ1) is 17.5. The molecule has 2 saturated heterocycles. The first-order valence-electron chi connectivity index (χ1n) is 8.13. The Morgan fingerprint density at radius 3 is 1.72 bits per heavy atom. The summed E-state index contributed by atoms with van der Waals surface area (Å²) in [6.45, 7) is 1.42. The van der Waals surface area contributed by atoms with Gasteiger partial charge >= 0.3 is 0 Å². The molecular formula is C17H18N2O2S4. The van der Waals surface area contributed by atoms with E-state index < -0.39 is 0 Å². The van der Waals surface area contributed by atoms with Gasteiger partial charge in [0.1, 0.15) is 10.7 Å². The number of hydrogen-bond acceptors (Lipinski definition) is 6. The molecule has 2 aliphatic rings. The maximum Gasteiger partial charge on any atom is 0.233 e. The molecule has 2 aromatic rings. The van der Waals surface area contributed by atoms with Gasteiger partial charge in [0.2, 0.25) is 11.8 Å². The van der Waals surface area contributed by atoms with Gasteiger partial charge < -0.3 is 9.80 Å². The molecule has 2 atom stereocenters. The lowest BCUT2D eigenvalue weighted by atomic mass is 10.3. The number of thiophene rings is 2. The van der Waals surface area contributed by atoms with Crippen LogP contribution in [0, 0.1) is 0 Å². The Morgan fingerprint density at radius 1 is 0.840 bits per heavy atom. The summed E-state index contributed by atoms with van der Waals surface area (Å²) in [6, 6.07) is 8.27. The van der Waals surface area contributed by atoms with E-state index in [0.717, 1.165) is 6.42 Å². The first-order valence-corrected chi connectivity index (χ1v) is 12.0. The van der Waals surface area contributed by atoms with E-state index in [4.69, 9.17) is 0 Å². The van der Waals surface area contributed by atoms with Crippen molar-refractivity contribution in [2.45, 2.75) is 17.2 Å². The molecule has 132 valence electrons. The minimum atomic E-state index is 0.143. The van der Waals surface area contributed by atoms with Gasteiger partial charge in [0.05, 0.1) is 11.5 Å². The molecule has 25 heavy (non-hydrogen) atoms. The highest BCUT2D eigenvalue weighted by atomic mass is 32.2. The number of carbonyl (C=O) groups is 2. The molecule has 0 unspecified atom stereocenters. The molecule has 4 heterocycles. The Kier molecular flexibility index (Phi) is 5.40. The van der Waals surface area contributed by atoms with Gasteiger partial charge in [-0.1, -0.05) is 12.1 Å². The van der Waals surface area contributed by atoms with Crippen LogP contribution in [0.25, 0.3) is 0 Å². The Bertz CT molecular complexity index is 670. The molecule has 0 saturated carbocycles. The highest BCUT2D eigenvalue weighted by Gasteiger charge is 2.35. The quantitative estimate of drug-likeness (QED) is 0.720. The monoisotopic (exact) mass is 410 g/mol. The molecule has 2 fully saturated rings. The summed E-state index contributed by atoms with van der Waals surface area (Å²) in [5.41, 5.74) is 0. The lowest BCUT2D eigenvalue weighted by molar-refractivity contribution is -0.128. The Hall–Kier alpha value is -0.960. The van der Waals surface area contributed by atoms with Gasteiger partial charge in [0.15, 0.2) is 0 Å². The predicted octanol–water partition coefficient (Wildman–Crippen LogP) is 4.05. The summed E-state index contributed by atoms with van der Waals surface area (Å²) >= 11 is 6.81. The summed E-state index contributed by atoms with van der Waals surface area (Å²) in [6.07, 6.45) is 0.822. The Morgan fingerprint density at radius 2 is 1.32 bits per heavy atom. The summed E-state index contributed by atoms with van der Waals surface area (Å²) in [7, 11) is 0. The van der Waals surface area contributed by atoms with Crippen LogP contribution in [0.3, 0.4) is 0 Å². The normalized spacial score (nSPS) is 23.8. The molecule has 0 aliphatic carbocycles. The average molecular weight is 411 g/mol. The molecule has 4 nitrogen and oxygen atoms in total. The molecule has 2 aliphatic heterocycles. The molecule has 2 aromatic heterocycles. The predicted molar refractivity (Wildman–Crippen MR) is 107 cm³/mol. The summed E-state index contributed by atoms with van der Waals surface area (Å²) in [4.78, 5) is 30.9. The lowest BCUT2D eigenvalue weighted by Gasteiger charge is -2.26. The smallest absolute Gasteiger partial charge is 0.233 e. The SMILES string of the molecule is O=C1CS[C@H](c2cccs2)N1CCCN1C(=O)CS[C@@H]1c1cccs1. The third-order valence-electron chi connectivity index (χ3n) is 4.31. The van der Waals surface area contributed by atoms with Crippen LogP contribution in [0.4, 0.5) is 0 Å². The molecule has 4 rings (SSSR count). The number of carbonyl (C=O) groups excluding carboxylic acids is 2. The van der Waals surface area contributed by atoms with Gasteiger partial charge in [-0.2, -0.15) is 0 Å². The van der Waals surface area contributed by atoms with Crippen molar-refractivity contribution >= 4 is 58.0 Å². The third-order valence-corrected chi connectivity index (χ3v) is 8.93. The van der Waals surface area contributed by atoms with Gasteiger partial charge in [-0.3, -0.25) is 9.59 Å². The third kappa shape index (κ3) is 3.63. The molecule has 0 aromatic carbocycles. The number of thioether (sulfide) groups is 2. The first-order chi connectivity index (χ1) is 12.2. The van der Waals surface area contributed by atoms with Crippen LogP contribution in [-0.2, 0) is 9.59 Å². The number of amides is 2. The molecule has 0 bridgehead atoms. The zero-order chi connectivity index (χ0) is 17.2. The van der Waals surface area contributed by atoms with Crippen LogP contribution in [0.2, 0.25) is 0 Å². The zero-order valence-corrected chi connectivity index (χ0v) is 16.8. The highest BCUT2D eigenvalue weighted by molar-refractivity contribution is 8.00. The maximum atomic E-state index is 12.2. The zero-order valence-electron chi connectivity index (χ0n) is 13.5. The second kappa shape index (κ2) is 7.73. The van der Waals surface area contributed by atoms with Crippen molar-refractivity contribution < 1.29 is 9.59 Å². The van der Waals surface area contributed by atoms with Crippen LogP contribution < -0.4 is 0 Å². The minimum Gasteiger partial charge on any atom is -0.325 e. The fourth-order valence-electron chi connectivity index (χ4n) is 3.14. The molecule has 0 N–H and O–H groups in total. The minimum absolute atomic E-state index is 0.143. The maximum absolute atomic E-state index is 12.2. The molecule has 0 radical (unpaired) electrons. The van der Waals surface area contributed by atoms with E-state index in [-0.39, 0.29) is 22.6 Å². The van der Waals surface area contributed by atoms with E-state index in [0.29, 0.717) is 24.6 Å². The fraction of sp³-hybridized carbons (Fsp3) is 0.412. The largest absolute Gasteiger partial charge is 0.325 e. The summed E-state index contributed by atoms with van der Waals surface area (Å²) in [5, 5.41) is 4.40. The van der Waals surface area contributed by atoms with E-state index >= 15 is 0 Å². The molecular weight excluding hydrogens is 392 g/mol. The van der Waals surface area contributed by atoms with Crippen molar-refractivity contribution in [3.05, 3.63) is 44.8 Å². The van der Waals surface area contributed by atoms with E-state index in [2.05, 4.69) is 22.9 Å². The van der Waals surface area contributed by atoms with Crippen molar-refractivity contribution in [3.8, 4) is 0 Å². The van der Waals surface area contributed by atoms with Crippen molar-refractivity contribution in [3.63, 3.8) is 0 Å². The number of hydrogen-bond donors (Lipinski definition) is 0. The average Bonchev–Trinajstić information content (AvgIpc) is 3.37. The molecule has 2 amide bonds. The standard InChI is InChI=1S/C17H18N2O2S4/c20-14-10-24-16(12-4-1-8-22-12)18(14)6-3-7-19-15(21)11-25-17(19)13-5-2-9-23-13/h1-2,4-5,8-9,16-17H,3,6-7,10-11H2/t16-,17-/m1/s1. The van der Waals surface area contributed by atoms with Crippen molar-refractivity contribution in [2.75, 3.05) is 24.6 Å². The summed E-state index contributed by atoms with van der Waals surface area (Å²) in [5.74, 6) is 1.53. The number of nitrogens with zero attached hydrogens (tertiary/aromatic N) is 2. The van der Waals surface area contributed by atoms with Crippen LogP contribution in [-0.4, -0.2) is 46.2 Å². The van der Waals surface area contributed by atoms with E-state index in [1.807, 2.05) is 21.9 Å². The second-order valence-electron chi connectivity index (χ2n) is 5.89. The van der Waals surface area contributed by atoms with Crippen LogP contribution >= 0.6 is 46.2 Å². The van der Waals surface area contributed by atoms with Crippen molar-refractivity contribution in [2.24, 2.45) is 0 Å². The van der Waals surface area contributed by atoms with E-state index in [9.17, 15) is 9.59 Å². The van der Waals surface area contributed by atoms with Crippen molar-refractivity contribution in [1.29, 1.82) is 0 Å². The molecule has 0 spiro atoms. The summed E-state index contributed by atoms with van der Waals surface area (Å²) < 4.78 is 0. The topological polar surface area (TPSA) is 40.6 Å². The van der Waals surface area contributed by atoms with Gasteiger partial charge in [-0.05, 0) is 29.3 Å². The van der Waals surface area contributed by atoms with E-state index in [1.165, 1.54) is 9.75 Å². The van der Waals surface area contributed by atoms with Gasteiger partial charge in [-0.15, -0.1) is 46.2 Å². The van der Waals surface area contributed by atoms with Gasteiger partial charge in [-0.25, -0.2) is 0 Å². The Balaban J connectivity index is 1.37. The van der Waals surface area contributed by atoms with Crippen LogP contribution in [0.15, 0.2) is 35.0 Å². The fourth-order valence-corrected chi connectivity index (χ4v) is 7.53. The van der Waals surface area contributed by atoms with E-state index in [1.54, 1.807) is 46.2 Å². The van der Waals surface area contributed by atoms with Crippen LogP contribution in [0.1, 0.15) is 26.9 Å². The van der Waals surface area contributed by atoms with Gasteiger partial charge in [0, 0.05) is 22.8 Å². The molecule has 8 heteroatoms. The van der Waals surface area contributed by atoms with Crippen LogP contribution in [0.5, 0.6) is 0 Å². The second-order valence-corrected chi connectivity index (χ2v) is 9.98. The van der Waals surface area contributed by atoms with Gasteiger partial charge in [0.25, 0.3) is 0 Å².